The number of nitrogens with zero attached hydrogens (tertiary/aromatic N) is 2. The zero-order valence-electron chi connectivity index (χ0n) is 13.0. The Kier molecular flexibility index (Phi) is 4.39. The van der Waals surface area contributed by atoms with Crippen LogP contribution in [0.4, 0.5) is 0 Å². The molecule has 0 radical (unpaired) electrons. The van der Waals surface area contributed by atoms with Gasteiger partial charge in [-0.15, -0.1) is 0 Å². The zero-order valence-corrected chi connectivity index (χ0v) is 13.0. The summed E-state index contributed by atoms with van der Waals surface area (Å²) in [7, 11) is 0. The first kappa shape index (κ1) is 14.3. The van der Waals surface area contributed by atoms with Gasteiger partial charge in [0.05, 0.1) is 11.9 Å². The van der Waals surface area contributed by atoms with Gasteiger partial charge in [0.2, 0.25) is 0 Å². The summed E-state index contributed by atoms with van der Waals surface area (Å²) in [5.74, 6) is 1.71. The third-order valence-corrected chi connectivity index (χ3v) is 4.85. The maximum atomic E-state index is 4.45. The summed E-state index contributed by atoms with van der Waals surface area (Å²) in [6, 6.07) is 10.9. The van der Waals surface area contributed by atoms with E-state index in [0.29, 0.717) is 6.04 Å². The van der Waals surface area contributed by atoms with Crippen molar-refractivity contribution in [2.75, 3.05) is 0 Å². The number of nitrogens with one attached hydrogen (secondary N) is 1. The third kappa shape index (κ3) is 3.53. The molecule has 2 aromatic rings. The van der Waals surface area contributed by atoms with E-state index < -0.39 is 0 Å². The lowest BCUT2D eigenvalue weighted by molar-refractivity contribution is 0.225. The molecule has 0 spiro atoms. The summed E-state index contributed by atoms with van der Waals surface area (Å²) in [6.45, 7) is 5.68. The monoisotopic (exact) mass is 283 g/mol. The normalized spacial score (nSPS) is 25.9. The largest absolute Gasteiger partial charge is 0.310 e. The van der Waals surface area contributed by atoms with E-state index in [2.05, 4.69) is 42.6 Å². The lowest BCUT2D eigenvalue weighted by atomic mass is 9.79. The quantitative estimate of drug-likeness (QED) is 0.925. The molecule has 0 bridgehead atoms. The Morgan fingerprint density at radius 1 is 1.14 bits per heavy atom. The summed E-state index contributed by atoms with van der Waals surface area (Å²) in [5, 5.41) is 8.15. The predicted molar refractivity (Wildman–Crippen MR) is 86.4 cm³/mol. The number of benzene rings is 1. The minimum atomic E-state index is 0.663. The number of para-hydroxylation sites is 1. The molecule has 3 nitrogen and oxygen atoms in total. The second-order valence-electron chi connectivity index (χ2n) is 6.47. The van der Waals surface area contributed by atoms with Crippen molar-refractivity contribution >= 4 is 0 Å². The number of aromatic nitrogens is 2. The van der Waals surface area contributed by atoms with Crippen LogP contribution in [0.15, 0.2) is 42.7 Å². The molecule has 1 saturated carbocycles. The SMILES string of the molecule is CC1CCC(NCc2cnn(-c3ccccc3)c2)CC1C. The number of hydrogen-bond acceptors (Lipinski definition) is 2. The van der Waals surface area contributed by atoms with Crippen LogP contribution < -0.4 is 5.32 Å². The van der Waals surface area contributed by atoms with Gasteiger partial charge in [0.1, 0.15) is 0 Å². The topological polar surface area (TPSA) is 29.9 Å². The smallest absolute Gasteiger partial charge is 0.0645 e. The lowest BCUT2D eigenvalue weighted by Crippen LogP contribution is -2.35. The summed E-state index contributed by atoms with van der Waals surface area (Å²) < 4.78 is 1.95. The van der Waals surface area contributed by atoms with Crippen molar-refractivity contribution in [2.45, 2.75) is 45.7 Å². The Bertz CT molecular complexity index is 561. The highest BCUT2D eigenvalue weighted by Crippen LogP contribution is 2.29. The van der Waals surface area contributed by atoms with Gasteiger partial charge in [-0.05, 0) is 43.2 Å². The first-order valence-corrected chi connectivity index (χ1v) is 8.04. The van der Waals surface area contributed by atoms with E-state index in [1.807, 2.05) is 29.1 Å². The average Bonchev–Trinajstić information content (AvgIpc) is 2.98. The van der Waals surface area contributed by atoms with Gasteiger partial charge >= 0.3 is 0 Å². The second kappa shape index (κ2) is 6.44. The first-order chi connectivity index (χ1) is 10.2. The molecule has 1 N–H and O–H groups in total. The molecule has 0 saturated heterocycles. The summed E-state index contributed by atoms with van der Waals surface area (Å²) in [6.07, 6.45) is 8.04. The number of hydrogen-bond donors (Lipinski definition) is 1. The van der Waals surface area contributed by atoms with Crippen LogP contribution >= 0.6 is 0 Å². The standard InChI is InChI=1S/C18H25N3/c1-14-8-9-17(10-15(14)2)19-11-16-12-20-21(13-16)18-6-4-3-5-7-18/h3-7,12-15,17,19H,8-11H2,1-2H3. The van der Waals surface area contributed by atoms with Crippen LogP contribution in [0.25, 0.3) is 5.69 Å². The van der Waals surface area contributed by atoms with Gasteiger partial charge in [-0.3, -0.25) is 0 Å². The Hall–Kier alpha value is -1.61. The first-order valence-electron chi connectivity index (χ1n) is 8.04. The maximum Gasteiger partial charge on any atom is 0.0645 e. The van der Waals surface area contributed by atoms with Crippen LogP contribution in [0.2, 0.25) is 0 Å². The Balaban J connectivity index is 1.56. The highest BCUT2D eigenvalue weighted by atomic mass is 15.3. The van der Waals surface area contributed by atoms with Crippen LogP contribution in [-0.4, -0.2) is 15.8 Å². The summed E-state index contributed by atoms with van der Waals surface area (Å²) in [5.41, 5.74) is 2.37. The molecular weight excluding hydrogens is 258 g/mol. The molecule has 0 amide bonds. The van der Waals surface area contributed by atoms with Crippen LogP contribution in [0.1, 0.15) is 38.7 Å². The third-order valence-electron chi connectivity index (χ3n) is 4.85. The van der Waals surface area contributed by atoms with E-state index >= 15 is 0 Å². The maximum absolute atomic E-state index is 4.45. The molecule has 1 aromatic carbocycles. The van der Waals surface area contributed by atoms with Gasteiger partial charge < -0.3 is 5.32 Å². The second-order valence-corrected chi connectivity index (χ2v) is 6.47. The van der Waals surface area contributed by atoms with Crippen molar-refractivity contribution in [3.63, 3.8) is 0 Å². The van der Waals surface area contributed by atoms with E-state index in [-0.39, 0.29) is 0 Å². The fourth-order valence-corrected chi connectivity index (χ4v) is 3.17. The minimum absolute atomic E-state index is 0.663. The van der Waals surface area contributed by atoms with Gasteiger partial charge in [0.25, 0.3) is 0 Å². The Morgan fingerprint density at radius 3 is 2.71 bits per heavy atom. The Labute approximate surface area is 127 Å². The van der Waals surface area contributed by atoms with Crippen LogP contribution in [0.3, 0.4) is 0 Å². The van der Waals surface area contributed by atoms with Gasteiger partial charge in [0.15, 0.2) is 0 Å². The van der Waals surface area contributed by atoms with E-state index in [4.69, 9.17) is 0 Å². The van der Waals surface area contributed by atoms with E-state index in [1.165, 1.54) is 24.8 Å². The van der Waals surface area contributed by atoms with E-state index in [0.717, 1.165) is 24.1 Å². The molecule has 0 aliphatic heterocycles. The van der Waals surface area contributed by atoms with Gasteiger partial charge in [-0.25, -0.2) is 4.68 Å². The van der Waals surface area contributed by atoms with Crippen LogP contribution in [-0.2, 0) is 6.54 Å². The highest BCUT2D eigenvalue weighted by Gasteiger charge is 2.23. The van der Waals surface area contributed by atoms with E-state index in [9.17, 15) is 0 Å². The average molecular weight is 283 g/mol. The van der Waals surface area contributed by atoms with Crippen molar-refractivity contribution in [3.05, 3.63) is 48.3 Å². The molecule has 3 unspecified atom stereocenters. The Morgan fingerprint density at radius 2 is 1.95 bits per heavy atom. The van der Waals surface area contributed by atoms with Crippen LogP contribution in [0, 0.1) is 11.8 Å². The minimum Gasteiger partial charge on any atom is -0.310 e. The van der Waals surface area contributed by atoms with Crippen molar-refractivity contribution in [2.24, 2.45) is 11.8 Å². The van der Waals surface area contributed by atoms with Crippen molar-refractivity contribution < 1.29 is 0 Å². The molecule has 3 rings (SSSR count). The van der Waals surface area contributed by atoms with E-state index in [1.54, 1.807) is 0 Å². The highest BCUT2D eigenvalue weighted by molar-refractivity contribution is 5.30. The lowest BCUT2D eigenvalue weighted by Gasteiger charge is -2.32. The molecule has 3 heteroatoms. The molecule has 21 heavy (non-hydrogen) atoms. The zero-order chi connectivity index (χ0) is 14.7. The predicted octanol–water partition coefficient (Wildman–Crippen LogP) is 3.79. The van der Waals surface area contributed by atoms with Crippen molar-refractivity contribution in [1.29, 1.82) is 0 Å². The van der Waals surface area contributed by atoms with Gasteiger partial charge in [-0.1, -0.05) is 32.0 Å². The summed E-state index contributed by atoms with van der Waals surface area (Å²) in [4.78, 5) is 0. The molecular formula is C18H25N3. The fraction of sp³-hybridized carbons (Fsp3) is 0.500. The molecule has 112 valence electrons. The van der Waals surface area contributed by atoms with Gasteiger partial charge in [-0.2, -0.15) is 5.10 Å². The van der Waals surface area contributed by atoms with Crippen molar-refractivity contribution in [1.82, 2.24) is 15.1 Å². The molecule has 1 heterocycles. The van der Waals surface area contributed by atoms with Crippen molar-refractivity contribution in [3.8, 4) is 5.69 Å². The molecule has 1 aliphatic carbocycles. The summed E-state index contributed by atoms with van der Waals surface area (Å²) >= 11 is 0. The number of rotatable bonds is 4. The molecule has 1 aliphatic rings. The fourth-order valence-electron chi connectivity index (χ4n) is 3.17. The van der Waals surface area contributed by atoms with Gasteiger partial charge in [0, 0.05) is 24.3 Å². The molecule has 3 atom stereocenters. The molecule has 1 fully saturated rings. The van der Waals surface area contributed by atoms with Crippen LogP contribution in [0.5, 0.6) is 0 Å². The molecule has 1 aromatic heterocycles.